The van der Waals surface area contributed by atoms with Gasteiger partial charge in [0.25, 0.3) is 0 Å². The highest BCUT2D eigenvalue weighted by atomic mass is 35.5. The molecular formula is C12H18ClFN2. The predicted molar refractivity (Wildman–Crippen MR) is 66.0 cm³/mol. The van der Waals surface area contributed by atoms with Gasteiger partial charge in [0.2, 0.25) is 0 Å². The van der Waals surface area contributed by atoms with E-state index in [0.717, 1.165) is 13.0 Å². The topological polar surface area (TPSA) is 38.0 Å². The van der Waals surface area contributed by atoms with Crippen molar-refractivity contribution >= 4 is 11.6 Å². The maximum atomic E-state index is 13.3. The third-order valence-electron chi connectivity index (χ3n) is 2.48. The van der Waals surface area contributed by atoms with E-state index in [9.17, 15) is 4.39 Å². The molecule has 0 amide bonds. The average molecular weight is 245 g/mol. The van der Waals surface area contributed by atoms with Crippen molar-refractivity contribution in [2.24, 2.45) is 11.7 Å². The van der Waals surface area contributed by atoms with Gasteiger partial charge in [-0.15, -0.1) is 0 Å². The van der Waals surface area contributed by atoms with Crippen LogP contribution in [0.5, 0.6) is 0 Å². The van der Waals surface area contributed by atoms with Gasteiger partial charge in [-0.1, -0.05) is 18.5 Å². The summed E-state index contributed by atoms with van der Waals surface area (Å²) in [6.45, 7) is 4.15. The van der Waals surface area contributed by atoms with Crippen LogP contribution in [0.3, 0.4) is 0 Å². The van der Waals surface area contributed by atoms with Gasteiger partial charge in [0, 0.05) is 17.1 Å². The van der Waals surface area contributed by atoms with Gasteiger partial charge in [0.15, 0.2) is 0 Å². The van der Waals surface area contributed by atoms with Crippen LogP contribution < -0.4 is 11.1 Å². The Morgan fingerprint density at radius 2 is 2.25 bits per heavy atom. The van der Waals surface area contributed by atoms with Gasteiger partial charge >= 0.3 is 0 Å². The smallest absolute Gasteiger partial charge is 0.127 e. The minimum absolute atomic E-state index is 0.219. The van der Waals surface area contributed by atoms with E-state index in [4.69, 9.17) is 17.3 Å². The van der Waals surface area contributed by atoms with Crippen LogP contribution in [-0.4, -0.2) is 13.1 Å². The lowest BCUT2D eigenvalue weighted by Gasteiger charge is -2.11. The fraction of sp³-hybridized carbons (Fsp3) is 0.500. The second kappa shape index (κ2) is 6.84. The zero-order chi connectivity index (χ0) is 12.0. The van der Waals surface area contributed by atoms with Crippen molar-refractivity contribution in [3.8, 4) is 0 Å². The van der Waals surface area contributed by atoms with E-state index in [1.165, 1.54) is 6.07 Å². The van der Waals surface area contributed by atoms with Gasteiger partial charge in [-0.2, -0.15) is 0 Å². The Kier molecular flexibility index (Phi) is 5.74. The monoisotopic (exact) mass is 244 g/mol. The quantitative estimate of drug-likeness (QED) is 0.807. The van der Waals surface area contributed by atoms with Crippen LogP contribution in [0.25, 0.3) is 0 Å². The molecule has 0 spiro atoms. The van der Waals surface area contributed by atoms with Crippen molar-refractivity contribution in [3.63, 3.8) is 0 Å². The zero-order valence-electron chi connectivity index (χ0n) is 9.47. The third-order valence-corrected chi connectivity index (χ3v) is 2.71. The van der Waals surface area contributed by atoms with Gasteiger partial charge < -0.3 is 11.1 Å². The van der Waals surface area contributed by atoms with E-state index >= 15 is 0 Å². The average Bonchev–Trinajstić information content (AvgIpc) is 2.23. The summed E-state index contributed by atoms with van der Waals surface area (Å²) < 4.78 is 13.3. The number of benzene rings is 1. The molecule has 0 heterocycles. The maximum absolute atomic E-state index is 13.3. The molecule has 1 aromatic carbocycles. The Bertz CT molecular complexity index is 331. The van der Waals surface area contributed by atoms with Gasteiger partial charge in [-0.05, 0) is 43.6 Å². The van der Waals surface area contributed by atoms with Crippen LogP contribution in [0.4, 0.5) is 4.39 Å². The normalized spacial score (nSPS) is 12.8. The molecule has 2 nitrogen and oxygen atoms in total. The summed E-state index contributed by atoms with van der Waals surface area (Å²) in [6.07, 6.45) is 0.977. The number of hydrogen-bond acceptors (Lipinski definition) is 2. The number of halogens is 2. The Balaban J connectivity index is 2.39. The SMILES string of the molecule is CC(CCN)CNCc1cc(Cl)ccc1F. The van der Waals surface area contributed by atoms with Crippen molar-refractivity contribution in [1.29, 1.82) is 0 Å². The van der Waals surface area contributed by atoms with E-state index in [1.54, 1.807) is 12.1 Å². The first-order valence-corrected chi connectivity index (χ1v) is 5.86. The molecule has 1 rings (SSSR count). The van der Waals surface area contributed by atoms with Crippen LogP contribution in [0.2, 0.25) is 5.02 Å². The Labute approximate surface area is 101 Å². The standard InChI is InChI=1S/C12H18ClFN2/c1-9(4-5-15)7-16-8-10-6-11(13)2-3-12(10)14/h2-3,6,9,16H,4-5,7-8,15H2,1H3. The second-order valence-corrected chi connectivity index (χ2v) is 4.49. The van der Waals surface area contributed by atoms with Crippen LogP contribution in [0, 0.1) is 11.7 Å². The maximum Gasteiger partial charge on any atom is 0.127 e. The number of nitrogens with two attached hydrogens (primary N) is 1. The van der Waals surface area contributed by atoms with Crippen LogP contribution >= 0.6 is 11.6 Å². The summed E-state index contributed by atoms with van der Waals surface area (Å²) in [5.74, 6) is 0.288. The van der Waals surface area contributed by atoms with Crippen molar-refractivity contribution < 1.29 is 4.39 Å². The van der Waals surface area contributed by atoms with Crippen molar-refractivity contribution in [1.82, 2.24) is 5.32 Å². The molecule has 90 valence electrons. The largest absolute Gasteiger partial charge is 0.330 e. The van der Waals surface area contributed by atoms with E-state index in [1.807, 2.05) is 0 Å². The van der Waals surface area contributed by atoms with Gasteiger partial charge in [0.1, 0.15) is 5.82 Å². The number of rotatable bonds is 6. The molecular weight excluding hydrogens is 227 g/mol. The summed E-state index contributed by atoms with van der Waals surface area (Å²) in [5.41, 5.74) is 6.06. The van der Waals surface area contributed by atoms with Gasteiger partial charge in [-0.3, -0.25) is 0 Å². The first-order chi connectivity index (χ1) is 7.63. The highest BCUT2D eigenvalue weighted by Gasteiger charge is 2.04. The Morgan fingerprint density at radius 1 is 1.50 bits per heavy atom. The molecule has 1 atom stereocenters. The molecule has 1 aromatic rings. The molecule has 0 aliphatic heterocycles. The lowest BCUT2D eigenvalue weighted by atomic mass is 10.1. The minimum Gasteiger partial charge on any atom is -0.330 e. The Hall–Kier alpha value is -0.640. The lowest BCUT2D eigenvalue weighted by molar-refractivity contribution is 0.481. The molecule has 16 heavy (non-hydrogen) atoms. The third kappa shape index (κ3) is 4.47. The molecule has 0 aromatic heterocycles. The number of nitrogens with one attached hydrogen (secondary N) is 1. The van der Waals surface area contributed by atoms with Gasteiger partial charge in [-0.25, -0.2) is 4.39 Å². The molecule has 0 aliphatic carbocycles. The lowest BCUT2D eigenvalue weighted by Crippen LogP contribution is -2.23. The first-order valence-electron chi connectivity index (χ1n) is 5.48. The summed E-state index contributed by atoms with van der Waals surface area (Å²) in [6, 6.07) is 4.59. The van der Waals surface area contributed by atoms with Crippen LogP contribution in [-0.2, 0) is 6.54 Å². The fourth-order valence-corrected chi connectivity index (χ4v) is 1.71. The summed E-state index contributed by atoms with van der Waals surface area (Å²) in [7, 11) is 0. The van der Waals surface area contributed by atoms with E-state index < -0.39 is 0 Å². The van der Waals surface area contributed by atoms with Crippen molar-refractivity contribution in [2.75, 3.05) is 13.1 Å². The highest BCUT2D eigenvalue weighted by molar-refractivity contribution is 6.30. The van der Waals surface area contributed by atoms with Crippen LogP contribution in [0.15, 0.2) is 18.2 Å². The summed E-state index contributed by atoms with van der Waals surface area (Å²) in [4.78, 5) is 0. The van der Waals surface area contributed by atoms with E-state index in [0.29, 0.717) is 29.6 Å². The predicted octanol–water partition coefficient (Wildman–Crippen LogP) is 2.55. The molecule has 0 fully saturated rings. The molecule has 0 saturated heterocycles. The first kappa shape index (κ1) is 13.4. The molecule has 0 saturated carbocycles. The molecule has 0 bridgehead atoms. The Morgan fingerprint density at radius 3 is 2.94 bits per heavy atom. The van der Waals surface area contributed by atoms with Gasteiger partial charge in [0.05, 0.1) is 0 Å². The zero-order valence-corrected chi connectivity index (χ0v) is 10.2. The summed E-state index contributed by atoms with van der Waals surface area (Å²) >= 11 is 5.80. The van der Waals surface area contributed by atoms with Crippen molar-refractivity contribution in [3.05, 3.63) is 34.6 Å². The van der Waals surface area contributed by atoms with E-state index in [-0.39, 0.29) is 5.82 Å². The molecule has 0 radical (unpaired) electrons. The molecule has 1 unspecified atom stereocenters. The fourth-order valence-electron chi connectivity index (χ4n) is 1.52. The minimum atomic E-state index is -0.219. The van der Waals surface area contributed by atoms with Crippen LogP contribution in [0.1, 0.15) is 18.9 Å². The summed E-state index contributed by atoms with van der Waals surface area (Å²) in [5, 5.41) is 3.76. The van der Waals surface area contributed by atoms with E-state index in [2.05, 4.69) is 12.2 Å². The highest BCUT2D eigenvalue weighted by Crippen LogP contribution is 2.14. The van der Waals surface area contributed by atoms with Crippen molar-refractivity contribution in [2.45, 2.75) is 19.9 Å². The molecule has 3 N–H and O–H groups in total. The molecule has 4 heteroatoms. The number of hydrogen-bond donors (Lipinski definition) is 2. The molecule has 0 aliphatic rings. The second-order valence-electron chi connectivity index (χ2n) is 4.05.